The van der Waals surface area contributed by atoms with Crippen LogP contribution in [0.4, 0.5) is 4.39 Å². The average Bonchev–Trinajstić information content (AvgIpc) is 3.52. The lowest BCUT2D eigenvalue weighted by molar-refractivity contribution is -0.134. The van der Waals surface area contributed by atoms with E-state index in [0.717, 1.165) is 17.5 Å². The number of halogens is 1. The van der Waals surface area contributed by atoms with Gasteiger partial charge in [0.2, 0.25) is 0 Å². The molecule has 4 N–H and O–H groups in total. The molecule has 36 heavy (non-hydrogen) atoms. The van der Waals surface area contributed by atoms with Crippen molar-refractivity contribution >= 4 is 34.2 Å². The van der Waals surface area contributed by atoms with E-state index in [-0.39, 0.29) is 12.4 Å². The van der Waals surface area contributed by atoms with E-state index >= 15 is 0 Å². The number of aromatic nitrogens is 1. The van der Waals surface area contributed by atoms with Gasteiger partial charge in [-0.3, -0.25) is 0 Å². The molecule has 1 unspecified atom stereocenters. The van der Waals surface area contributed by atoms with Gasteiger partial charge in [0.25, 0.3) is 0 Å². The molecule has 0 aliphatic rings. The van der Waals surface area contributed by atoms with Crippen molar-refractivity contribution in [3.63, 3.8) is 0 Å². The Labute approximate surface area is 209 Å². The zero-order valence-electron chi connectivity index (χ0n) is 18.8. The number of nitrogens with one attached hydrogen (secondary N) is 1. The van der Waals surface area contributed by atoms with Gasteiger partial charge < -0.3 is 29.9 Å². The summed E-state index contributed by atoms with van der Waals surface area (Å²) in [6, 6.07) is 13.7. The molecular formula is C25H23FN2O7S. The van der Waals surface area contributed by atoms with Gasteiger partial charge in [0.05, 0.1) is 0 Å². The molecular weight excluding hydrogens is 491 g/mol. The Hall–Kier alpha value is -4.06. The highest BCUT2D eigenvalue weighted by molar-refractivity contribution is 7.07. The highest BCUT2D eigenvalue weighted by atomic mass is 32.1. The third kappa shape index (κ3) is 8.31. The number of rotatable bonds is 10. The smallest absolute Gasteiger partial charge is 0.328 e. The van der Waals surface area contributed by atoms with E-state index in [1.165, 1.54) is 17.7 Å². The van der Waals surface area contributed by atoms with Crippen LogP contribution in [0.5, 0.6) is 5.75 Å². The van der Waals surface area contributed by atoms with Gasteiger partial charge in [-0.2, -0.15) is 11.3 Å². The topological polar surface area (TPSA) is 142 Å². The molecule has 0 spiro atoms. The van der Waals surface area contributed by atoms with Crippen LogP contribution in [0, 0.1) is 5.82 Å². The zero-order chi connectivity index (χ0) is 25.9. The van der Waals surface area contributed by atoms with E-state index < -0.39 is 18.0 Å². The second-order valence-electron chi connectivity index (χ2n) is 7.43. The first-order chi connectivity index (χ1) is 17.3. The standard InChI is InChI=1S/C21H19FN2O3S.C4H4O4/c22-16-3-6-19-20(9-16)27-24-21(19)15-1-4-18(5-2-15)26-12-17(25)11-23-10-14-7-8-28-13-14;5-3(6)1-2-4(7)8/h1-9,13,17,23,25H,10-12H2;1-2H,(H,5,6)(H,7,8). The number of aliphatic hydroxyl groups is 1. The molecule has 0 bridgehead atoms. The Kier molecular flexibility index (Phi) is 9.69. The van der Waals surface area contributed by atoms with E-state index in [2.05, 4.69) is 21.9 Å². The van der Waals surface area contributed by atoms with Crippen LogP contribution in [0.15, 0.2) is 76.0 Å². The summed E-state index contributed by atoms with van der Waals surface area (Å²) in [5, 5.41) is 37.8. The minimum Gasteiger partial charge on any atom is -0.491 e. The summed E-state index contributed by atoms with van der Waals surface area (Å²) in [5.41, 5.74) is 3.11. The second kappa shape index (κ2) is 13.1. The lowest BCUT2D eigenvalue weighted by atomic mass is 10.1. The van der Waals surface area contributed by atoms with Gasteiger partial charge in [0, 0.05) is 42.3 Å². The molecule has 9 nitrogen and oxygen atoms in total. The number of hydrogen-bond acceptors (Lipinski definition) is 8. The number of carboxylic acids is 2. The van der Waals surface area contributed by atoms with Crippen LogP contribution >= 0.6 is 11.3 Å². The van der Waals surface area contributed by atoms with Gasteiger partial charge in [0.15, 0.2) is 5.58 Å². The van der Waals surface area contributed by atoms with Gasteiger partial charge >= 0.3 is 11.9 Å². The molecule has 0 aliphatic carbocycles. The predicted octanol–water partition coefficient (Wildman–Crippen LogP) is 3.94. The zero-order valence-corrected chi connectivity index (χ0v) is 19.7. The fourth-order valence-electron chi connectivity index (χ4n) is 3.00. The molecule has 11 heteroatoms. The monoisotopic (exact) mass is 514 g/mol. The fourth-order valence-corrected chi connectivity index (χ4v) is 3.67. The van der Waals surface area contributed by atoms with Crippen molar-refractivity contribution in [2.75, 3.05) is 13.2 Å². The third-order valence-corrected chi connectivity index (χ3v) is 5.39. The van der Waals surface area contributed by atoms with Crippen molar-refractivity contribution in [2.45, 2.75) is 12.6 Å². The van der Waals surface area contributed by atoms with E-state index in [4.69, 9.17) is 19.5 Å². The lowest BCUT2D eigenvalue weighted by Crippen LogP contribution is -2.31. The average molecular weight is 515 g/mol. The maximum atomic E-state index is 13.3. The largest absolute Gasteiger partial charge is 0.491 e. The molecule has 2 aromatic carbocycles. The number of carboxylic acid groups (broad SMARTS) is 2. The molecule has 0 fully saturated rings. The number of aliphatic carboxylic acids is 2. The van der Waals surface area contributed by atoms with Crippen LogP contribution in [-0.2, 0) is 16.1 Å². The summed E-state index contributed by atoms with van der Waals surface area (Å²) >= 11 is 1.65. The quantitative estimate of drug-likeness (QED) is 0.232. The Morgan fingerprint density at radius 3 is 2.47 bits per heavy atom. The molecule has 0 amide bonds. The maximum absolute atomic E-state index is 13.3. The number of carbonyl (C=O) groups is 2. The first kappa shape index (κ1) is 26.5. The van der Waals surface area contributed by atoms with Gasteiger partial charge in [0.1, 0.15) is 30.0 Å². The molecule has 0 aliphatic heterocycles. The number of aliphatic hydroxyl groups excluding tert-OH is 1. The molecule has 2 heterocycles. The van der Waals surface area contributed by atoms with Crippen molar-refractivity contribution < 1.29 is 38.6 Å². The van der Waals surface area contributed by atoms with Crippen LogP contribution in [0.2, 0.25) is 0 Å². The molecule has 0 saturated carbocycles. The maximum Gasteiger partial charge on any atom is 0.328 e. The van der Waals surface area contributed by atoms with Crippen molar-refractivity contribution in [2.24, 2.45) is 0 Å². The van der Waals surface area contributed by atoms with Gasteiger partial charge in [-0.05, 0) is 58.8 Å². The number of hydrogen-bond donors (Lipinski definition) is 4. The molecule has 0 radical (unpaired) electrons. The summed E-state index contributed by atoms with van der Waals surface area (Å²) in [6.07, 6.45) is 0.512. The summed E-state index contributed by atoms with van der Waals surface area (Å²) in [6.45, 7) is 1.38. The van der Waals surface area contributed by atoms with E-state index in [9.17, 15) is 19.1 Å². The van der Waals surface area contributed by atoms with Crippen LogP contribution < -0.4 is 10.1 Å². The highest BCUT2D eigenvalue weighted by Crippen LogP contribution is 2.29. The summed E-state index contributed by atoms with van der Waals surface area (Å²) in [7, 11) is 0. The van der Waals surface area contributed by atoms with E-state index in [0.29, 0.717) is 35.7 Å². The Morgan fingerprint density at radius 1 is 1.11 bits per heavy atom. The minimum absolute atomic E-state index is 0.197. The summed E-state index contributed by atoms with van der Waals surface area (Å²) in [5.74, 6) is -2.22. The van der Waals surface area contributed by atoms with Crippen LogP contribution in [0.25, 0.3) is 22.2 Å². The highest BCUT2D eigenvalue weighted by Gasteiger charge is 2.12. The third-order valence-electron chi connectivity index (χ3n) is 4.66. The number of nitrogens with zero attached hydrogens (tertiary/aromatic N) is 1. The molecule has 4 aromatic rings. The predicted molar refractivity (Wildman–Crippen MR) is 131 cm³/mol. The Balaban J connectivity index is 0.000000392. The van der Waals surface area contributed by atoms with Crippen molar-refractivity contribution in [3.8, 4) is 17.0 Å². The normalized spacial score (nSPS) is 11.7. The number of ether oxygens (including phenoxy) is 1. The Morgan fingerprint density at radius 2 is 1.83 bits per heavy atom. The van der Waals surface area contributed by atoms with Crippen LogP contribution in [-0.4, -0.2) is 51.7 Å². The van der Waals surface area contributed by atoms with Crippen molar-refractivity contribution in [1.82, 2.24) is 10.5 Å². The van der Waals surface area contributed by atoms with Gasteiger partial charge in [-0.15, -0.1) is 0 Å². The lowest BCUT2D eigenvalue weighted by Gasteiger charge is -2.13. The number of benzene rings is 2. The molecule has 0 saturated heterocycles. The second-order valence-corrected chi connectivity index (χ2v) is 8.21. The number of thiophene rings is 1. The molecule has 4 rings (SSSR count). The van der Waals surface area contributed by atoms with Gasteiger partial charge in [-0.25, -0.2) is 14.0 Å². The SMILES string of the molecule is O=C(O)C=CC(=O)O.OC(CNCc1ccsc1)COc1ccc(-c2noc3cc(F)ccc23)cc1. The summed E-state index contributed by atoms with van der Waals surface area (Å²) < 4.78 is 24.1. The fraction of sp³-hybridized carbons (Fsp3) is 0.160. The van der Waals surface area contributed by atoms with Crippen molar-refractivity contribution in [3.05, 3.63) is 82.8 Å². The van der Waals surface area contributed by atoms with Crippen LogP contribution in [0.1, 0.15) is 5.56 Å². The Bertz CT molecular complexity index is 1290. The first-order valence-electron chi connectivity index (χ1n) is 10.6. The molecule has 188 valence electrons. The minimum atomic E-state index is -1.26. The number of fused-ring (bicyclic) bond motifs is 1. The summed E-state index contributed by atoms with van der Waals surface area (Å²) in [4.78, 5) is 19.1. The first-order valence-corrected chi connectivity index (χ1v) is 11.6. The van der Waals surface area contributed by atoms with E-state index in [1.54, 1.807) is 17.4 Å². The molecule has 1 atom stereocenters. The van der Waals surface area contributed by atoms with E-state index in [1.807, 2.05) is 29.6 Å². The van der Waals surface area contributed by atoms with Gasteiger partial charge in [-0.1, -0.05) is 5.16 Å². The molecule has 2 aromatic heterocycles. The van der Waals surface area contributed by atoms with Crippen molar-refractivity contribution in [1.29, 1.82) is 0 Å². The van der Waals surface area contributed by atoms with Crippen LogP contribution in [0.3, 0.4) is 0 Å².